The van der Waals surface area contributed by atoms with Crippen LogP contribution < -0.4 is 4.74 Å². The van der Waals surface area contributed by atoms with Crippen molar-refractivity contribution in [2.75, 3.05) is 7.11 Å². The van der Waals surface area contributed by atoms with Gasteiger partial charge in [-0.3, -0.25) is 9.59 Å². The Morgan fingerprint density at radius 2 is 1.68 bits per heavy atom. The molecule has 1 amide bonds. The van der Waals surface area contributed by atoms with Gasteiger partial charge in [0.05, 0.1) is 13.2 Å². The zero-order valence-electron chi connectivity index (χ0n) is 17.1. The summed E-state index contributed by atoms with van der Waals surface area (Å²) in [6, 6.07) is 16.8. The van der Waals surface area contributed by atoms with Crippen LogP contribution in [0.2, 0.25) is 0 Å². The van der Waals surface area contributed by atoms with Gasteiger partial charge in [-0.1, -0.05) is 42.5 Å². The lowest BCUT2D eigenvalue weighted by Gasteiger charge is -2.53. The number of likely N-dealkylation sites (tertiary alicyclic amines) is 1. The molecule has 0 N–H and O–H groups in total. The van der Waals surface area contributed by atoms with Crippen molar-refractivity contribution in [2.24, 2.45) is 5.41 Å². The summed E-state index contributed by atoms with van der Waals surface area (Å²) >= 11 is 0. The summed E-state index contributed by atoms with van der Waals surface area (Å²) in [6.07, 6.45) is 0. The Balaban J connectivity index is 1.96. The summed E-state index contributed by atoms with van der Waals surface area (Å²) in [5.74, 6) is 0.0181. The molecule has 28 heavy (non-hydrogen) atoms. The second-order valence-corrected chi connectivity index (χ2v) is 8.30. The molecule has 1 heterocycles. The maximum atomic E-state index is 13.1. The molecule has 1 aliphatic rings. The first kappa shape index (κ1) is 19.9. The summed E-state index contributed by atoms with van der Waals surface area (Å²) in [5, 5.41) is 0. The number of ether oxygens (including phenoxy) is 2. The first-order valence-corrected chi connectivity index (χ1v) is 9.39. The summed E-state index contributed by atoms with van der Waals surface area (Å²) in [4.78, 5) is 27.8. The predicted octanol–water partition coefficient (Wildman–Crippen LogP) is 4.13. The summed E-state index contributed by atoms with van der Waals surface area (Å²) in [6.45, 7) is 7.54. The van der Waals surface area contributed by atoms with Crippen molar-refractivity contribution in [1.29, 1.82) is 0 Å². The zero-order chi connectivity index (χ0) is 20.5. The Labute approximate surface area is 166 Å². The van der Waals surface area contributed by atoms with Gasteiger partial charge < -0.3 is 14.4 Å². The fourth-order valence-electron chi connectivity index (χ4n) is 3.60. The van der Waals surface area contributed by atoms with Gasteiger partial charge in [0.2, 0.25) is 5.91 Å². The van der Waals surface area contributed by atoms with Gasteiger partial charge in [0.1, 0.15) is 11.4 Å². The zero-order valence-corrected chi connectivity index (χ0v) is 17.1. The van der Waals surface area contributed by atoms with Gasteiger partial charge in [-0.2, -0.15) is 0 Å². The van der Waals surface area contributed by atoms with Crippen LogP contribution in [0.15, 0.2) is 54.6 Å². The normalized spacial score (nSPS) is 21.8. The van der Waals surface area contributed by atoms with Crippen LogP contribution in [0.4, 0.5) is 0 Å². The van der Waals surface area contributed by atoms with Crippen molar-refractivity contribution in [1.82, 2.24) is 4.90 Å². The lowest BCUT2D eigenvalue weighted by Crippen LogP contribution is -2.65. The number of methoxy groups -OCH3 is 1. The molecule has 0 aliphatic carbocycles. The van der Waals surface area contributed by atoms with Crippen molar-refractivity contribution in [3.63, 3.8) is 0 Å². The van der Waals surface area contributed by atoms with Crippen molar-refractivity contribution in [3.8, 4) is 5.75 Å². The van der Waals surface area contributed by atoms with Gasteiger partial charge in [0, 0.05) is 6.54 Å². The standard InChI is InChI=1S/C23H27NO4/c1-22(2,3)28-21(26)23(4)19(17-11-13-18(27-5)14-12-17)24(20(23)25)15-16-9-7-6-8-10-16/h6-14,19H,15H2,1-5H3/t19-,23+/m0/s1. The number of carbonyl (C=O) groups is 2. The highest BCUT2D eigenvalue weighted by molar-refractivity contribution is 6.08. The number of hydrogen-bond donors (Lipinski definition) is 0. The first-order valence-electron chi connectivity index (χ1n) is 9.39. The molecule has 1 fully saturated rings. The Bertz CT molecular complexity index is 854. The Morgan fingerprint density at radius 1 is 1.07 bits per heavy atom. The SMILES string of the molecule is COc1ccc([C@@H]2N(Cc3ccccc3)C(=O)[C@]2(C)C(=O)OC(C)(C)C)cc1. The average molecular weight is 381 g/mol. The molecule has 0 spiro atoms. The second kappa shape index (κ2) is 7.30. The minimum Gasteiger partial charge on any atom is -0.497 e. The molecule has 5 nitrogen and oxygen atoms in total. The van der Waals surface area contributed by atoms with Gasteiger partial charge in [-0.05, 0) is 51.0 Å². The molecule has 1 aliphatic heterocycles. The molecular formula is C23H27NO4. The van der Waals surface area contributed by atoms with Gasteiger partial charge in [-0.25, -0.2) is 0 Å². The molecule has 148 valence electrons. The van der Waals surface area contributed by atoms with Crippen LogP contribution in [-0.2, 0) is 20.9 Å². The maximum absolute atomic E-state index is 13.1. The van der Waals surface area contributed by atoms with E-state index in [4.69, 9.17) is 9.47 Å². The highest BCUT2D eigenvalue weighted by Crippen LogP contribution is 2.52. The fourth-order valence-corrected chi connectivity index (χ4v) is 3.60. The molecule has 0 saturated carbocycles. The van der Waals surface area contributed by atoms with Crippen molar-refractivity contribution in [2.45, 2.75) is 45.9 Å². The van der Waals surface area contributed by atoms with Crippen LogP contribution in [0.5, 0.6) is 5.75 Å². The van der Waals surface area contributed by atoms with Crippen LogP contribution in [-0.4, -0.2) is 29.5 Å². The Morgan fingerprint density at radius 3 is 2.21 bits per heavy atom. The molecule has 0 unspecified atom stereocenters. The van der Waals surface area contributed by atoms with Gasteiger partial charge in [-0.15, -0.1) is 0 Å². The minimum atomic E-state index is -1.25. The van der Waals surface area contributed by atoms with Crippen LogP contribution in [0.3, 0.4) is 0 Å². The lowest BCUT2D eigenvalue weighted by atomic mass is 9.68. The third-order valence-corrected chi connectivity index (χ3v) is 5.01. The summed E-state index contributed by atoms with van der Waals surface area (Å²) < 4.78 is 10.8. The third kappa shape index (κ3) is 3.61. The van der Waals surface area contributed by atoms with Crippen molar-refractivity contribution < 1.29 is 19.1 Å². The number of esters is 1. The summed E-state index contributed by atoms with van der Waals surface area (Å²) in [7, 11) is 1.61. The van der Waals surface area contributed by atoms with Crippen LogP contribution in [0.25, 0.3) is 0 Å². The van der Waals surface area contributed by atoms with E-state index in [1.54, 1.807) is 18.9 Å². The number of hydrogen-bond acceptors (Lipinski definition) is 4. The predicted molar refractivity (Wildman–Crippen MR) is 107 cm³/mol. The molecule has 0 bridgehead atoms. The molecule has 1 saturated heterocycles. The molecular weight excluding hydrogens is 354 g/mol. The Hall–Kier alpha value is -2.82. The van der Waals surface area contributed by atoms with E-state index in [0.29, 0.717) is 6.54 Å². The number of benzene rings is 2. The largest absolute Gasteiger partial charge is 0.497 e. The first-order chi connectivity index (χ1) is 13.2. The molecule has 2 atom stereocenters. The molecule has 0 radical (unpaired) electrons. The molecule has 2 aromatic rings. The van der Waals surface area contributed by atoms with Crippen LogP contribution in [0, 0.1) is 5.41 Å². The van der Waals surface area contributed by atoms with E-state index in [9.17, 15) is 9.59 Å². The van der Waals surface area contributed by atoms with Crippen molar-refractivity contribution in [3.05, 3.63) is 65.7 Å². The van der Waals surface area contributed by atoms with Gasteiger partial charge in [0.25, 0.3) is 0 Å². The highest BCUT2D eigenvalue weighted by atomic mass is 16.6. The van der Waals surface area contributed by atoms with E-state index >= 15 is 0 Å². The van der Waals surface area contributed by atoms with E-state index in [0.717, 1.165) is 16.9 Å². The Kier molecular flexibility index (Phi) is 5.20. The summed E-state index contributed by atoms with van der Waals surface area (Å²) in [5.41, 5.74) is -0.0216. The van der Waals surface area contributed by atoms with Gasteiger partial charge in [0.15, 0.2) is 5.41 Å². The van der Waals surface area contributed by atoms with E-state index < -0.39 is 23.0 Å². The smallest absolute Gasteiger partial charge is 0.324 e. The number of carbonyl (C=O) groups excluding carboxylic acids is 2. The van der Waals surface area contributed by atoms with E-state index in [1.807, 2.05) is 75.4 Å². The average Bonchev–Trinajstić information content (AvgIpc) is 2.67. The molecule has 0 aromatic heterocycles. The fraction of sp³-hybridized carbons (Fsp3) is 0.391. The van der Waals surface area contributed by atoms with E-state index in [1.165, 1.54) is 0 Å². The van der Waals surface area contributed by atoms with E-state index in [-0.39, 0.29) is 5.91 Å². The minimum absolute atomic E-state index is 0.216. The van der Waals surface area contributed by atoms with E-state index in [2.05, 4.69) is 0 Å². The molecule has 3 rings (SSSR count). The topological polar surface area (TPSA) is 55.8 Å². The van der Waals surface area contributed by atoms with Crippen molar-refractivity contribution >= 4 is 11.9 Å². The number of β-lactam (4-membered cyclic amide) rings is 1. The number of nitrogens with zero attached hydrogens (tertiary/aromatic N) is 1. The number of rotatable bonds is 5. The van der Waals surface area contributed by atoms with Crippen LogP contribution in [0.1, 0.15) is 44.9 Å². The highest BCUT2D eigenvalue weighted by Gasteiger charge is 2.64. The molecule has 2 aromatic carbocycles. The lowest BCUT2D eigenvalue weighted by molar-refractivity contribution is -0.196. The van der Waals surface area contributed by atoms with Gasteiger partial charge >= 0.3 is 5.97 Å². The quantitative estimate of drug-likeness (QED) is 0.444. The maximum Gasteiger partial charge on any atom is 0.324 e. The number of amides is 1. The monoisotopic (exact) mass is 381 g/mol. The molecule has 5 heteroatoms. The third-order valence-electron chi connectivity index (χ3n) is 5.01. The van der Waals surface area contributed by atoms with Crippen LogP contribution >= 0.6 is 0 Å². The second-order valence-electron chi connectivity index (χ2n) is 8.30.